The van der Waals surface area contributed by atoms with E-state index in [1.54, 1.807) is 31.2 Å². The first-order chi connectivity index (χ1) is 16.2. The van der Waals surface area contributed by atoms with Crippen molar-refractivity contribution in [2.24, 2.45) is 0 Å². The summed E-state index contributed by atoms with van der Waals surface area (Å²) in [7, 11) is 0. The molecule has 0 aliphatic rings. The van der Waals surface area contributed by atoms with E-state index in [1.807, 2.05) is 0 Å². The molecule has 0 amide bonds. The lowest BCUT2D eigenvalue weighted by molar-refractivity contribution is -0.394. The number of non-ortho nitro benzene ring substituents is 2. The quantitative estimate of drug-likeness (QED) is 0.244. The lowest BCUT2D eigenvalue weighted by Gasteiger charge is -2.16. The number of nitro groups is 3. The molecule has 0 heterocycles. The smallest absolute Gasteiger partial charge is 0.318 e. The van der Waals surface area contributed by atoms with Gasteiger partial charge in [0.15, 0.2) is 11.5 Å². The number of hydrogen-bond acceptors (Lipinski definition) is 9. The highest BCUT2D eigenvalue weighted by molar-refractivity contribution is 9.10. The molecule has 0 unspecified atom stereocenters. The predicted octanol–water partition coefficient (Wildman–Crippen LogP) is 5.98. The monoisotopic (exact) mass is 532 g/mol. The second-order valence-corrected chi connectivity index (χ2v) is 7.62. The summed E-state index contributed by atoms with van der Waals surface area (Å²) in [6.45, 7) is 2.31. The normalized spacial score (nSPS) is 10.4. The Morgan fingerprint density at radius 2 is 1.59 bits per heavy atom. The Morgan fingerprint density at radius 3 is 2.24 bits per heavy atom. The first-order valence-corrected chi connectivity index (χ1v) is 10.5. The van der Waals surface area contributed by atoms with E-state index in [4.69, 9.17) is 9.47 Å². The molecule has 0 atom stereocenters. The molecule has 3 aromatic rings. The third-order valence-electron chi connectivity index (χ3n) is 4.48. The number of nitrogens with one attached hydrogen (secondary N) is 1. The summed E-state index contributed by atoms with van der Waals surface area (Å²) < 4.78 is 11.8. The fourth-order valence-corrected chi connectivity index (χ4v) is 3.55. The van der Waals surface area contributed by atoms with Crippen LogP contribution < -0.4 is 14.8 Å². The number of benzene rings is 3. The van der Waals surface area contributed by atoms with Gasteiger partial charge in [-0.3, -0.25) is 30.3 Å². The molecule has 0 bridgehead atoms. The topological polar surface area (TPSA) is 160 Å². The summed E-state index contributed by atoms with van der Waals surface area (Å²) in [6.07, 6.45) is 0. The Kier molecular flexibility index (Phi) is 7.58. The third kappa shape index (κ3) is 5.75. The molecule has 0 spiro atoms. The van der Waals surface area contributed by atoms with Gasteiger partial charge in [-0.05, 0) is 52.7 Å². The van der Waals surface area contributed by atoms with E-state index < -0.39 is 26.1 Å². The van der Waals surface area contributed by atoms with Gasteiger partial charge in [0.05, 0.1) is 31.9 Å². The zero-order valence-corrected chi connectivity index (χ0v) is 19.2. The van der Waals surface area contributed by atoms with Crippen molar-refractivity contribution in [3.05, 3.63) is 95.0 Å². The van der Waals surface area contributed by atoms with E-state index in [9.17, 15) is 30.3 Å². The van der Waals surface area contributed by atoms with Crippen LogP contribution in [-0.4, -0.2) is 21.4 Å². The highest BCUT2D eigenvalue weighted by Gasteiger charge is 2.23. The summed E-state index contributed by atoms with van der Waals surface area (Å²) in [5.41, 5.74) is 0.220. The minimum Gasteiger partial charge on any atom is -0.490 e. The fourth-order valence-electron chi connectivity index (χ4n) is 2.98. The molecule has 12 nitrogen and oxygen atoms in total. The number of anilines is 1. The van der Waals surface area contributed by atoms with Gasteiger partial charge in [0.2, 0.25) is 5.75 Å². The molecular formula is C21H17BrN4O8. The van der Waals surface area contributed by atoms with Crippen LogP contribution in [0, 0.1) is 30.3 Å². The molecule has 0 aliphatic heterocycles. The van der Waals surface area contributed by atoms with E-state index >= 15 is 0 Å². The van der Waals surface area contributed by atoms with E-state index in [0.717, 1.165) is 23.8 Å². The molecular weight excluding hydrogens is 516 g/mol. The Labute approximate surface area is 200 Å². The van der Waals surface area contributed by atoms with E-state index in [1.165, 1.54) is 12.1 Å². The number of ether oxygens (including phenoxy) is 2. The van der Waals surface area contributed by atoms with Crippen LogP contribution in [0.5, 0.6) is 17.2 Å². The van der Waals surface area contributed by atoms with Gasteiger partial charge >= 0.3 is 5.69 Å². The van der Waals surface area contributed by atoms with E-state index in [-0.39, 0.29) is 36.1 Å². The molecule has 1 N–H and O–H groups in total. The van der Waals surface area contributed by atoms with Gasteiger partial charge in [0.1, 0.15) is 0 Å². The Balaban J connectivity index is 1.90. The highest BCUT2D eigenvalue weighted by Crippen LogP contribution is 2.43. The zero-order valence-electron chi connectivity index (χ0n) is 17.6. The van der Waals surface area contributed by atoms with Crippen molar-refractivity contribution in [2.45, 2.75) is 13.5 Å². The molecule has 0 saturated carbocycles. The number of halogens is 1. The molecule has 0 fully saturated rings. The van der Waals surface area contributed by atoms with Crippen LogP contribution in [-0.2, 0) is 6.54 Å². The second kappa shape index (κ2) is 10.6. The molecule has 34 heavy (non-hydrogen) atoms. The average Bonchev–Trinajstić information content (AvgIpc) is 2.80. The van der Waals surface area contributed by atoms with Gasteiger partial charge in [-0.1, -0.05) is 6.07 Å². The molecule has 3 aromatic carbocycles. The summed E-state index contributed by atoms with van der Waals surface area (Å²) in [5, 5.41) is 36.4. The van der Waals surface area contributed by atoms with Crippen LogP contribution in [0.25, 0.3) is 0 Å². The lowest BCUT2D eigenvalue weighted by Crippen LogP contribution is -2.03. The third-order valence-corrected chi connectivity index (χ3v) is 5.07. The largest absolute Gasteiger partial charge is 0.490 e. The van der Waals surface area contributed by atoms with Gasteiger partial charge < -0.3 is 14.8 Å². The van der Waals surface area contributed by atoms with Gasteiger partial charge in [-0.2, -0.15) is 0 Å². The molecule has 3 rings (SSSR count). The molecule has 0 radical (unpaired) electrons. The van der Waals surface area contributed by atoms with Crippen molar-refractivity contribution in [2.75, 3.05) is 11.9 Å². The summed E-state index contributed by atoms with van der Waals surface area (Å²) >= 11 is 3.38. The molecule has 0 saturated heterocycles. The molecule has 0 aromatic heterocycles. The Morgan fingerprint density at radius 1 is 0.882 bits per heavy atom. The van der Waals surface area contributed by atoms with Crippen LogP contribution in [0.2, 0.25) is 0 Å². The van der Waals surface area contributed by atoms with Crippen molar-refractivity contribution in [3.8, 4) is 17.2 Å². The van der Waals surface area contributed by atoms with Crippen molar-refractivity contribution in [1.82, 2.24) is 0 Å². The van der Waals surface area contributed by atoms with Crippen LogP contribution >= 0.6 is 15.9 Å². The molecule has 13 heteroatoms. The van der Waals surface area contributed by atoms with Crippen molar-refractivity contribution >= 4 is 38.7 Å². The van der Waals surface area contributed by atoms with Crippen LogP contribution in [0.15, 0.2) is 59.1 Å². The Hall–Kier alpha value is -4.26. The number of hydrogen-bond donors (Lipinski definition) is 1. The first-order valence-electron chi connectivity index (χ1n) is 9.73. The van der Waals surface area contributed by atoms with E-state index in [0.29, 0.717) is 10.2 Å². The number of nitrogens with zero attached hydrogens (tertiary/aromatic N) is 3. The maximum Gasteiger partial charge on any atom is 0.318 e. The molecule has 176 valence electrons. The Bertz CT molecular complexity index is 1270. The number of rotatable bonds is 10. The minimum absolute atomic E-state index is 0.0466. The van der Waals surface area contributed by atoms with Crippen LogP contribution in [0.4, 0.5) is 22.7 Å². The van der Waals surface area contributed by atoms with Crippen LogP contribution in [0.3, 0.4) is 0 Å². The summed E-state index contributed by atoms with van der Waals surface area (Å²) in [4.78, 5) is 31.4. The van der Waals surface area contributed by atoms with Crippen LogP contribution in [0.1, 0.15) is 12.5 Å². The standard InChI is InChI=1S/C21H17BrN4O8/c1-2-33-20-9-13(12-23-14-4-3-5-15(10-14)24(27)28)8-17(22)21(20)34-19-7-6-16(25(29)30)11-18(19)26(31)32/h3-11,23H,2,12H2,1H3. The second-order valence-electron chi connectivity index (χ2n) is 6.77. The van der Waals surface area contributed by atoms with Gasteiger partial charge in [0.25, 0.3) is 11.4 Å². The zero-order chi connectivity index (χ0) is 24.8. The van der Waals surface area contributed by atoms with Crippen molar-refractivity contribution < 1.29 is 24.2 Å². The fraction of sp³-hybridized carbons (Fsp3) is 0.143. The van der Waals surface area contributed by atoms with Crippen molar-refractivity contribution in [1.29, 1.82) is 0 Å². The maximum atomic E-state index is 11.4. The lowest BCUT2D eigenvalue weighted by atomic mass is 10.2. The average molecular weight is 533 g/mol. The van der Waals surface area contributed by atoms with Gasteiger partial charge in [0, 0.05) is 30.4 Å². The van der Waals surface area contributed by atoms with Gasteiger partial charge in [-0.25, -0.2) is 0 Å². The summed E-state index contributed by atoms with van der Waals surface area (Å²) in [6, 6.07) is 12.5. The van der Waals surface area contributed by atoms with Gasteiger partial charge in [-0.15, -0.1) is 0 Å². The predicted molar refractivity (Wildman–Crippen MR) is 126 cm³/mol. The van der Waals surface area contributed by atoms with E-state index in [2.05, 4.69) is 21.2 Å². The minimum atomic E-state index is -0.770. The number of nitro benzene ring substituents is 3. The van der Waals surface area contributed by atoms with Crippen molar-refractivity contribution in [3.63, 3.8) is 0 Å². The SMILES string of the molecule is CCOc1cc(CNc2cccc([N+](=O)[O-])c2)cc(Br)c1Oc1ccc([N+](=O)[O-])cc1[N+](=O)[O-]. The maximum absolute atomic E-state index is 11.4. The first kappa shape index (κ1) is 24.4. The summed E-state index contributed by atoms with van der Waals surface area (Å²) in [5.74, 6) is 0.234. The highest BCUT2D eigenvalue weighted by atomic mass is 79.9. The molecule has 0 aliphatic carbocycles.